The van der Waals surface area contributed by atoms with Crippen molar-refractivity contribution in [1.29, 1.82) is 0 Å². The minimum Gasteiger partial charge on any atom is -0.478 e. The second-order valence-corrected chi connectivity index (χ2v) is 9.05. The van der Waals surface area contributed by atoms with Crippen molar-refractivity contribution < 1.29 is 14.6 Å². The van der Waals surface area contributed by atoms with E-state index in [9.17, 15) is 4.79 Å². The molecular formula is C26H27BrN2O3. The summed E-state index contributed by atoms with van der Waals surface area (Å²) in [6.07, 6.45) is 2.22. The van der Waals surface area contributed by atoms with E-state index in [1.807, 2.05) is 48.5 Å². The average molecular weight is 495 g/mol. The van der Waals surface area contributed by atoms with E-state index in [1.165, 1.54) is 5.56 Å². The van der Waals surface area contributed by atoms with Crippen LogP contribution in [0, 0.1) is 0 Å². The van der Waals surface area contributed by atoms with Gasteiger partial charge in [-0.3, -0.25) is 4.90 Å². The molecule has 1 aliphatic heterocycles. The van der Waals surface area contributed by atoms with Crippen molar-refractivity contribution in [2.75, 3.05) is 13.1 Å². The summed E-state index contributed by atoms with van der Waals surface area (Å²) in [6, 6.07) is 23.8. The van der Waals surface area contributed by atoms with Crippen molar-refractivity contribution in [2.24, 2.45) is 0 Å². The number of ether oxygens (including phenoxy) is 1. The van der Waals surface area contributed by atoms with E-state index in [1.54, 1.807) is 12.1 Å². The summed E-state index contributed by atoms with van der Waals surface area (Å²) < 4.78 is 6.92. The molecule has 1 fully saturated rings. The van der Waals surface area contributed by atoms with Gasteiger partial charge in [0.15, 0.2) is 0 Å². The Morgan fingerprint density at radius 2 is 1.47 bits per heavy atom. The van der Waals surface area contributed by atoms with Gasteiger partial charge in [-0.05, 0) is 85.6 Å². The number of carboxylic acid groups (broad SMARTS) is 1. The quantitative estimate of drug-likeness (QED) is 0.420. The summed E-state index contributed by atoms with van der Waals surface area (Å²) in [7, 11) is 0. The highest BCUT2D eigenvalue weighted by Gasteiger charge is 2.19. The first kappa shape index (κ1) is 22.5. The lowest BCUT2D eigenvalue weighted by molar-refractivity contribution is 0.0697. The molecule has 0 saturated carbocycles. The second-order valence-electron chi connectivity index (χ2n) is 8.13. The molecule has 6 heteroatoms. The molecular weight excluding hydrogens is 468 g/mol. The van der Waals surface area contributed by atoms with Crippen molar-refractivity contribution in [2.45, 2.75) is 32.0 Å². The molecule has 0 aromatic heterocycles. The number of aromatic carboxylic acids is 1. The molecule has 0 radical (unpaired) electrons. The molecule has 1 aliphatic rings. The second kappa shape index (κ2) is 10.8. The molecule has 0 aliphatic carbocycles. The van der Waals surface area contributed by atoms with Gasteiger partial charge >= 0.3 is 5.97 Å². The van der Waals surface area contributed by atoms with Crippen LogP contribution in [-0.2, 0) is 13.1 Å². The number of rotatable bonds is 8. The van der Waals surface area contributed by atoms with Gasteiger partial charge in [-0.15, -0.1) is 0 Å². The number of benzene rings is 3. The molecule has 166 valence electrons. The third-order valence-electron chi connectivity index (χ3n) is 5.76. The van der Waals surface area contributed by atoms with Crippen LogP contribution in [0.1, 0.15) is 34.3 Å². The van der Waals surface area contributed by atoms with Crippen molar-refractivity contribution in [3.05, 3.63) is 94.0 Å². The summed E-state index contributed by atoms with van der Waals surface area (Å²) >= 11 is 3.43. The number of hydrogen-bond donors (Lipinski definition) is 2. The van der Waals surface area contributed by atoms with E-state index < -0.39 is 5.97 Å². The number of hydrogen-bond acceptors (Lipinski definition) is 4. The highest BCUT2D eigenvalue weighted by atomic mass is 79.9. The molecule has 3 aromatic carbocycles. The summed E-state index contributed by atoms with van der Waals surface area (Å²) in [5.74, 6) is 0.777. The number of halogens is 1. The maximum Gasteiger partial charge on any atom is 0.335 e. The van der Waals surface area contributed by atoms with Gasteiger partial charge in [-0.25, -0.2) is 4.79 Å². The fraction of sp³-hybridized carbons (Fsp3) is 0.269. The lowest BCUT2D eigenvalue weighted by atomic mass is 10.0. The van der Waals surface area contributed by atoms with Gasteiger partial charge in [0.25, 0.3) is 0 Å². The number of piperidine rings is 1. The number of likely N-dealkylation sites (tertiary alicyclic amines) is 1. The highest BCUT2D eigenvalue weighted by Crippen LogP contribution is 2.23. The number of nitrogens with one attached hydrogen (secondary N) is 1. The minimum absolute atomic E-state index is 0.338. The fourth-order valence-electron chi connectivity index (χ4n) is 3.88. The van der Waals surface area contributed by atoms with E-state index in [2.05, 4.69) is 38.3 Å². The first-order chi connectivity index (χ1) is 15.5. The largest absolute Gasteiger partial charge is 0.478 e. The van der Waals surface area contributed by atoms with Gasteiger partial charge in [0.2, 0.25) is 0 Å². The Hall–Kier alpha value is -2.67. The summed E-state index contributed by atoms with van der Waals surface area (Å²) in [5.41, 5.74) is 2.74. The van der Waals surface area contributed by atoms with Crippen LogP contribution in [0.4, 0.5) is 0 Å². The van der Waals surface area contributed by atoms with E-state index in [0.717, 1.165) is 60.6 Å². The van der Waals surface area contributed by atoms with Crippen molar-refractivity contribution in [3.63, 3.8) is 0 Å². The summed E-state index contributed by atoms with van der Waals surface area (Å²) in [5, 5.41) is 12.7. The van der Waals surface area contributed by atoms with E-state index in [0.29, 0.717) is 11.6 Å². The Balaban J connectivity index is 1.19. The monoisotopic (exact) mass is 494 g/mol. The lowest BCUT2D eigenvalue weighted by Gasteiger charge is -2.32. The lowest BCUT2D eigenvalue weighted by Crippen LogP contribution is -2.41. The van der Waals surface area contributed by atoms with Crippen molar-refractivity contribution >= 4 is 21.9 Å². The van der Waals surface area contributed by atoms with Gasteiger partial charge in [-0.1, -0.05) is 40.2 Å². The van der Waals surface area contributed by atoms with Crippen LogP contribution >= 0.6 is 15.9 Å². The van der Waals surface area contributed by atoms with Crippen LogP contribution in [-0.4, -0.2) is 35.1 Å². The predicted octanol–water partition coefficient (Wildman–Crippen LogP) is 5.69. The van der Waals surface area contributed by atoms with Gasteiger partial charge in [0, 0.05) is 23.6 Å². The van der Waals surface area contributed by atoms with Crippen LogP contribution in [0.2, 0.25) is 0 Å². The number of carbonyl (C=O) groups is 1. The van der Waals surface area contributed by atoms with E-state index in [-0.39, 0.29) is 0 Å². The van der Waals surface area contributed by atoms with Gasteiger partial charge in [-0.2, -0.15) is 0 Å². The van der Waals surface area contributed by atoms with Crippen LogP contribution < -0.4 is 10.1 Å². The molecule has 5 nitrogen and oxygen atoms in total. The SMILES string of the molecule is O=C(O)c1ccc(CN2CCC(NCc3ccc(Oc4ccc(Br)cc4)cc3)CC2)cc1. The Labute approximate surface area is 197 Å². The Morgan fingerprint density at radius 1 is 0.906 bits per heavy atom. The third kappa shape index (κ3) is 6.42. The standard InChI is InChI=1S/C26H27BrN2O3/c27-22-7-11-25(12-8-22)32-24-9-3-19(4-10-24)17-28-23-13-15-29(16-14-23)18-20-1-5-21(6-2-20)26(30)31/h1-12,23,28H,13-18H2,(H,30,31). The molecule has 0 atom stereocenters. The first-order valence-corrected chi connectivity index (χ1v) is 11.6. The zero-order valence-electron chi connectivity index (χ0n) is 17.8. The zero-order valence-corrected chi connectivity index (χ0v) is 19.4. The maximum atomic E-state index is 11.0. The molecule has 0 spiro atoms. The van der Waals surface area contributed by atoms with E-state index >= 15 is 0 Å². The average Bonchev–Trinajstić information content (AvgIpc) is 2.81. The van der Waals surface area contributed by atoms with E-state index in [4.69, 9.17) is 9.84 Å². The first-order valence-electron chi connectivity index (χ1n) is 10.9. The van der Waals surface area contributed by atoms with Crippen molar-refractivity contribution in [1.82, 2.24) is 10.2 Å². The smallest absolute Gasteiger partial charge is 0.335 e. The predicted molar refractivity (Wildman–Crippen MR) is 129 cm³/mol. The van der Waals surface area contributed by atoms with Crippen LogP contribution in [0.5, 0.6) is 11.5 Å². The molecule has 0 amide bonds. The minimum atomic E-state index is -0.879. The van der Waals surface area contributed by atoms with Crippen LogP contribution in [0.15, 0.2) is 77.3 Å². The summed E-state index contributed by atoms with van der Waals surface area (Å²) in [4.78, 5) is 13.4. The molecule has 0 bridgehead atoms. The Bertz CT molecular complexity index is 1010. The Kier molecular flexibility index (Phi) is 7.58. The van der Waals surface area contributed by atoms with Crippen molar-refractivity contribution in [3.8, 4) is 11.5 Å². The van der Waals surface area contributed by atoms with Crippen LogP contribution in [0.3, 0.4) is 0 Å². The molecule has 32 heavy (non-hydrogen) atoms. The van der Waals surface area contributed by atoms with Gasteiger partial charge in [0.1, 0.15) is 11.5 Å². The van der Waals surface area contributed by atoms with Gasteiger partial charge < -0.3 is 15.2 Å². The molecule has 2 N–H and O–H groups in total. The molecule has 1 heterocycles. The summed E-state index contributed by atoms with van der Waals surface area (Å²) in [6.45, 7) is 3.79. The molecule has 1 saturated heterocycles. The highest BCUT2D eigenvalue weighted by molar-refractivity contribution is 9.10. The normalized spacial score (nSPS) is 14.9. The molecule has 3 aromatic rings. The molecule has 4 rings (SSSR count). The Morgan fingerprint density at radius 3 is 2.06 bits per heavy atom. The fourth-order valence-corrected chi connectivity index (χ4v) is 4.15. The van der Waals surface area contributed by atoms with Gasteiger partial charge in [0.05, 0.1) is 5.56 Å². The molecule has 0 unspecified atom stereocenters. The topological polar surface area (TPSA) is 61.8 Å². The maximum absolute atomic E-state index is 11.0. The number of carboxylic acids is 1. The van der Waals surface area contributed by atoms with Crippen LogP contribution in [0.25, 0.3) is 0 Å². The third-order valence-corrected chi connectivity index (χ3v) is 6.29. The zero-order chi connectivity index (χ0) is 22.3. The number of nitrogens with zero attached hydrogens (tertiary/aromatic N) is 1.